The number of allylic oxidation sites excluding steroid dienone is 1. The van der Waals surface area contributed by atoms with Crippen LogP contribution in [0, 0.1) is 10.1 Å². The molecule has 0 aliphatic heterocycles. The Hall–Kier alpha value is -1.24. The molecule has 0 radical (unpaired) electrons. The Kier molecular flexibility index (Phi) is 5.01. The fraction of sp³-hybridized carbons (Fsp3) is 0.667. The molecule has 0 aromatic carbocycles. The molecule has 6 heteroatoms. The molecular formula is C12H22N4O2. The van der Waals surface area contributed by atoms with Crippen molar-refractivity contribution in [2.24, 2.45) is 5.73 Å². The summed E-state index contributed by atoms with van der Waals surface area (Å²) >= 11 is 0. The zero-order valence-corrected chi connectivity index (χ0v) is 11.2. The van der Waals surface area contributed by atoms with E-state index < -0.39 is 10.5 Å². The molecule has 0 saturated carbocycles. The number of hydrogen-bond acceptors (Lipinski definition) is 5. The van der Waals surface area contributed by atoms with Gasteiger partial charge in [0.1, 0.15) is 0 Å². The minimum Gasteiger partial charge on any atom is -0.322 e. The predicted molar refractivity (Wildman–Crippen MR) is 71.8 cm³/mol. The molecule has 2 atom stereocenters. The molecule has 18 heavy (non-hydrogen) atoms. The zero-order valence-electron chi connectivity index (χ0n) is 11.2. The number of hydrogen-bond donors (Lipinski definition) is 2. The van der Waals surface area contributed by atoms with Gasteiger partial charge in [0, 0.05) is 12.2 Å². The molecule has 102 valence electrons. The van der Waals surface area contributed by atoms with Crippen LogP contribution < -0.4 is 11.1 Å². The van der Waals surface area contributed by atoms with E-state index in [0.29, 0.717) is 0 Å². The third-order valence-electron chi connectivity index (χ3n) is 3.19. The number of likely N-dealkylation sites (N-methyl/N-ethyl adjacent to an activating group) is 1. The lowest BCUT2D eigenvalue weighted by atomic mass is 9.82. The highest BCUT2D eigenvalue weighted by molar-refractivity contribution is 5.30. The third-order valence-corrected chi connectivity index (χ3v) is 3.19. The van der Waals surface area contributed by atoms with E-state index in [1.54, 1.807) is 6.08 Å². The molecule has 0 aromatic rings. The highest BCUT2D eigenvalue weighted by Gasteiger charge is 2.36. The summed E-state index contributed by atoms with van der Waals surface area (Å²) in [5.74, 6) is 0. The SMILES string of the molecule is CCNC1(CCN(C)C)C=CC([N+](=O)[O-])=CC1N. The smallest absolute Gasteiger partial charge is 0.266 e. The Morgan fingerprint density at radius 2 is 2.28 bits per heavy atom. The maximum atomic E-state index is 10.7. The van der Waals surface area contributed by atoms with E-state index in [2.05, 4.69) is 10.2 Å². The van der Waals surface area contributed by atoms with Gasteiger partial charge in [-0.15, -0.1) is 0 Å². The first-order valence-corrected chi connectivity index (χ1v) is 6.12. The molecule has 0 amide bonds. The Labute approximate surface area is 108 Å². The molecule has 0 saturated heterocycles. The normalized spacial score (nSPS) is 27.4. The van der Waals surface area contributed by atoms with Gasteiger partial charge in [-0.3, -0.25) is 10.1 Å². The number of nitrogens with two attached hydrogens (primary N) is 1. The summed E-state index contributed by atoms with van der Waals surface area (Å²) in [4.78, 5) is 12.4. The second kappa shape index (κ2) is 6.08. The van der Waals surface area contributed by atoms with Crippen molar-refractivity contribution < 1.29 is 4.92 Å². The van der Waals surface area contributed by atoms with Crippen LogP contribution in [0.5, 0.6) is 0 Å². The average Bonchev–Trinajstić information content (AvgIpc) is 2.29. The summed E-state index contributed by atoms with van der Waals surface area (Å²) in [6, 6.07) is -0.386. The standard InChI is InChI=1S/C12H22N4O2/c1-4-14-12(7-8-15(2)3)6-5-10(16(17)18)9-11(12)13/h5-6,9,11,14H,4,7-8,13H2,1-3H3. The van der Waals surface area contributed by atoms with E-state index >= 15 is 0 Å². The van der Waals surface area contributed by atoms with Gasteiger partial charge < -0.3 is 16.0 Å². The van der Waals surface area contributed by atoms with Gasteiger partial charge in [-0.05, 0) is 33.6 Å². The van der Waals surface area contributed by atoms with Crippen molar-refractivity contribution >= 4 is 0 Å². The van der Waals surface area contributed by atoms with E-state index in [4.69, 9.17) is 5.73 Å². The second-order valence-corrected chi connectivity index (χ2v) is 4.83. The van der Waals surface area contributed by atoms with Crippen LogP contribution in [0.3, 0.4) is 0 Å². The van der Waals surface area contributed by atoms with E-state index in [-0.39, 0.29) is 11.7 Å². The minimum atomic E-state index is -0.405. The fourth-order valence-corrected chi connectivity index (χ4v) is 2.11. The Balaban J connectivity index is 2.87. The second-order valence-electron chi connectivity index (χ2n) is 4.83. The van der Waals surface area contributed by atoms with Crippen molar-refractivity contribution in [3.05, 3.63) is 34.0 Å². The monoisotopic (exact) mass is 254 g/mol. The molecule has 0 aromatic heterocycles. The number of nitrogens with zero attached hydrogens (tertiary/aromatic N) is 2. The molecule has 1 rings (SSSR count). The van der Waals surface area contributed by atoms with Crippen LogP contribution in [-0.2, 0) is 0 Å². The maximum Gasteiger partial charge on any atom is 0.266 e. The first-order chi connectivity index (χ1) is 8.41. The van der Waals surface area contributed by atoms with Gasteiger partial charge in [-0.25, -0.2) is 0 Å². The largest absolute Gasteiger partial charge is 0.322 e. The van der Waals surface area contributed by atoms with Crippen LogP contribution in [0.1, 0.15) is 13.3 Å². The Bertz CT molecular complexity index is 365. The van der Waals surface area contributed by atoms with Gasteiger partial charge in [0.25, 0.3) is 5.70 Å². The summed E-state index contributed by atoms with van der Waals surface area (Å²) in [7, 11) is 3.99. The average molecular weight is 254 g/mol. The minimum absolute atomic E-state index is 0.0703. The molecule has 1 aliphatic rings. The van der Waals surface area contributed by atoms with E-state index in [0.717, 1.165) is 19.5 Å². The third kappa shape index (κ3) is 3.38. The van der Waals surface area contributed by atoms with Crippen LogP contribution in [-0.4, -0.2) is 48.6 Å². The summed E-state index contributed by atoms with van der Waals surface area (Å²) in [5, 5.41) is 14.1. The van der Waals surface area contributed by atoms with Gasteiger partial charge in [-0.2, -0.15) is 0 Å². The molecule has 0 bridgehead atoms. The lowest BCUT2D eigenvalue weighted by molar-refractivity contribution is -0.419. The zero-order chi connectivity index (χ0) is 13.8. The molecule has 3 N–H and O–H groups in total. The first kappa shape index (κ1) is 14.8. The molecule has 1 aliphatic carbocycles. The van der Waals surface area contributed by atoms with Gasteiger partial charge in [-0.1, -0.05) is 13.0 Å². The van der Waals surface area contributed by atoms with E-state index in [1.807, 2.05) is 27.1 Å². The Morgan fingerprint density at radius 3 is 2.72 bits per heavy atom. The van der Waals surface area contributed by atoms with Crippen molar-refractivity contribution in [3.63, 3.8) is 0 Å². The summed E-state index contributed by atoms with van der Waals surface area (Å²) in [6.07, 6.45) is 5.72. The number of nitrogens with one attached hydrogen (secondary N) is 1. The molecule has 0 fully saturated rings. The highest BCUT2D eigenvalue weighted by atomic mass is 16.6. The lowest BCUT2D eigenvalue weighted by Crippen LogP contribution is -2.58. The van der Waals surface area contributed by atoms with E-state index in [1.165, 1.54) is 6.08 Å². The lowest BCUT2D eigenvalue weighted by Gasteiger charge is -2.38. The predicted octanol–water partition coefficient (Wildman–Crippen LogP) is 0.344. The van der Waals surface area contributed by atoms with Crippen molar-refractivity contribution in [2.75, 3.05) is 27.2 Å². The van der Waals surface area contributed by atoms with Gasteiger partial charge in [0.15, 0.2) is 0 Å². The fourth-order valence-electron chi connectivity index (χ4n) is 2.11. The molecule has 6 nitrogen and oxygen atoms in total. The summed E-state index contributed by atoms with van der Waals surface area (Å²) in [6.45, 7) is 3.64. The maximum absolute atomic E-state index is 10.7. The van der Waals surface area contributed by atoms with Crippen LogP contribution in [0.15, 0.2) is 23.9 Å². The summed E-state index contributed by atoms with van der Waals surface area (Å²) < 4.78 is 0. The van der Waals surface area contributed by atoms with Crippen LogP contribution in [0.25, 0.3) is 0 Å². The van der Waals surface area contributed by atoms with Crippen molar-refractivity contribution in [1.82, 2.24) is 10.2 Å². The van der Waals surface area contributed by atoms with Gasteiger partial charge in [0.2, 0.25) is 0 Å². The van der Waals surface area contributed by atoms with Crippen LogP contribution in [0.2, 0.25) is 0 Å². The topological polar surface area (TPSA) is 84.4 Å². The molecule has 0 spiro atoms. The molecular weight excluding hydrogens is 232 g/mol. The van der Waals surface area contributed by atoms with E-state index in [9.17, 15) is 10.1 Å². The number of nitro groups is 1. The molecule has 0 heterocycles. The van der Waals surface area contributed by atoms with Gasteiger partial charge >= 0.3 is 0 Å². The molecule has 2 unspecified atom stereocenters. The van der Waals surface area contributed by atoms with Gasteiger partial charge in [0.05, 0.1) is 16.5 Å². The highest BCUT2D eigenvalue weighted by Crippen LogP contribution is 2.24. The first-order valence-electron chi connectivity index (χ1n) is 6.12. The van der Waals surface area contributed by atoms with Crippen molar-refractivity contribution in [2.45, 2.75) is 24.9 Å². The van der Waals surface area contributed by atoms with Crippen LogP contribution >= 0.6 is 0 Å². The summed E-state index contributed by atoms with van der Waals surface area (Å²) in [5.41, 5.74) is 5.78. The quantitative estimate of drug-likeness (QED) is 0.527. The Morgan fingerprint density at radius 1 is 1.61 bits per heavy atom. The van der Waals surface area contributed by atoms with Crippen molar-refractivity contribution in [3.8, 4) is 0 Å². The van der Waals surface area contributed by atoms with Crippen molar-refractivity contribution in [1.29, 1.82) is 0 Å². The van der Waals surface area contributed by atoms with Crippen LogP contribution in [0.4, 0.5) is 0 Å². The number of rotatable bonds is 6.